The predicted molar refractivity (Wildman–Crippen MR) is 103 cm³/mol. The highest BCUT2D eigenvalue weighted by atomic mass is 32.2. The Bertz CT molecular complexity index is 832. The third-order valence-electron chi connectivity index (χ3n) is 3.80. The van der Waals surface area contributed by atoms with Crippen molar-refractivity contribution in [2.45, 2.75) is 6.92 Å². The molecule has 1 aromatic heterocycles. The van der Waals surface area contributed by atoms with E-state index >= 15 is 0 Å². The van der Waals surface area contributed by atoms with E-state index in [0.29, 0.717) is 18.1 Å². The molecule has 7 heteroatoms. The fourth-order valence-corrected chi connectivity index (χ4v) is 3.02. The summed E-state index contributed by atoms with van der Waals surface area (Å²) in [6.07, 6.45) is 3.53. The molecule has 0 bridgehead atoms. The lowest BCUT2D eigenvalue weighted by Crippen LogP contribution is -2.24. The molecule has 1 aliphatic heterocycles. The van der Waals surface area contributed by atoms with Gasteiger partial charge in [-0.3, -0.25) is 14.9 Å². The molecule has 2 heterocycles. The van der Waals surface area contributed by atoms with Gasteiger partial charge in [0.1, 0.15) is 18.2 Å². The van der Waals surface area contributed by atoms with Gasteiger partial charge in [-0.25, -0.2) is 4.98 Å². The van der Waals surface area contributed by atoms with Crippen molar-refractivity contribution in [2.24, 2.45) is 0 Å². The van der Waals surface area contributed by atoms with E-state index in [2.05, 4.69) is 10.3 Å². The SMILES string of the molecule is Cc1ccc(N(C)CCOc2ccc(/C=C3\SC(=O)NC3=O)cc2)nc1. The number of anilines is 1. The molecule has 0 atom stereocenters. The molecule has 2 amide bonds. The maximum Gasteiger partial charge on any atom is 0.290 e. The highest BCUT2D eigenvalue weighted by Gasteiger charge is 2.24. The lowest BCUT2D eigenvalue weighted by molar-refractivity contribution is -0.115. The second-order valence-corrected chi connectivity index (χ2v) is 6.90. The van der Waals surface area contributed by atoms with E-state index in [4.69, 9.17) is 4.74 Å². The van der Waals surface area contributed by atoms with Crippen LogP contribution >= 0.6 is 11.8 Å². The molecular weight excluding hydrogens is 350 g/mol. The molecule has 1 N–H and O–H groups in total. The van der Waals surface area contributed by atoms with Crippen molar-refractivity contribution in [3.63, 3.8) is 0 Å². The van der Waals surface area contributed by atoms with Crippen LogP contribution in [0.1, 0.15) is 11.1 Å². The molecule has 2 aromatic rings. The van der Waals surface area contributed by atoms with Gasteiger partial charge in [-0.15, -0.1) is 0 Å². The Morgan fingerprint density at radius 2 is 1.96 bits per heavy atom. The molecule has 0 spiro atoms. The Morgan fingerprint density at radius 3 is 2.58 bits per heavy atom. The summed E-state index contributed by atoms with van der Waals surface area (Å²) in [6.45, 7) is 3.25. The highest BCUT2D eigenvalue weighted by molar-refractivity contribution is 8.18. The minimum atomic E-state index is -0.354. The zero-order chi connectivity index (χ0) is 18.5. The molecule has 0 saturated carbocycles. The van der Waals surface area contributed by atoms with Crippen molar-refractivity contribution in [3.05, 3.63) is 58.6 Å². The zero-order valence-electron chi connectivity index (χ0n) is 14.6. The first-order valence-electron chi connectivity index (χ1n) is 8.13. The van der Waals surface area contributed by atoms with Crippen molar-refractivity contribution < 1.29 is 14.3 Å². The number of benzene rings is 1. The Morgan fingerprint density at radius 1 is 1.19 bits per heavy atom. The van der Waals surface area contributed by atoms with E-state index in [1.807, 2.05) is 61.5 Å². The molecule has 26 heavy (non-hydrogen) atoms. The van der Waals surface area contributed by atoms with E-state index in [1.54, 1.807) is 6.08 Å². The molecule has 6 nitrogen and oxygen atoms in total. The van der Waals surface area contributed by atoms with Gasteiger partial charge in [0.15, 0.2) is 0 Å². The maximum absolute atomic E-state index is 11.5. The van der Waals surface area contributed by atoms with Gasteiger partial charge in [0.2, 0.25) is 0 Å². The van der Waals surface area contributed by atoms with Gasteiger partial charge in [0.25, 0.3) is 11.1 Å². The number of amides is 2. The number of nitrogens with zero attached hydrogens (tertiary/aromatic N) is 2. The molecule has 1 fully saturated rings. The first kappa shape index (κ1) is 18.0. The number of ether oxygens (including phenoxy) is 1. The van der Waals surface area contributed by atoms with Gasteiger partial charge in [0, 0.05) is 13.2 Å². The molecule has 3 rings (SSSR count). The van der Waals surface area contributed by atoms with Crippen LogP contribution in [-0.2, 0) is 4.79 Å². The second-order valence-electron chi connectivity index (χ2n) is 5.89. The number of thioether (sulfide) groups is 1. The van der Waals surface area contributed by atoms with E-state index in [1.165, 1.54) is 0 Å². The van der Waals surface area contributed by atoms with E-state index in [9.17, 15) is 9.59 Å². The van der Waals surface area contributed by atoms with Gasteiger partial charge in [0.05, 0.1) is 11.4 Å². The van der Waals surface area contributed by atoms with Crippen molar-refractivity contribution in [3.8, 4) is 5.75 Å². The Hall–Kier alpha value is -2.80. The number of aryl methyl sites for hydroxylation is 1. The monoisotopic (exact) mass is 369 g/mol. The molecule has 134 valence electrons. The Labute approximate surface area is 156 Å². The topological polar surface area (TPSA) is 71.5 Å². The van der Waals surface area contributed by atoms with Crippen LogP contribution in [0, 0.1) is 6.92 Å². The summed E-state index contributed by atoms with van der Waals surface area (Å²) in [6, 6.07) is 11.4. The van der Waals surface area contributed by atoms with E-state index in [-0.39, 0.29) is 11.1 Å². The molecule has 1 aromatic carbocycles. The van der Waals surface area contributed by atoms with Gasteiger partial charge < -0.3 is 9.64 Å². The van der Waals surface area contributed by atoms with Crippen molar-refractivity contribution in [1.29, 1.82) is 0 Å². The Kier molecular flexibility index (Phi) is 5.58. The number of rotatable bonds is 6. The number of hydrogen-bond donors (Lipinski definition) is 1. The van der Waals surface area contributed by atoms with Gasteiger partial charge in [-0.1, -0.05) is 18.2 Å². The van der Waals surface area contributed by atoms with Crippen molar-refractivity contribution in [1.82, 2.24) is 10.3 Å². The average molecular weight is 369 g/mol. The standard InChI is InChI=1S/C19H19N3O3S/c1-13-3-8-17(20-12-13)22(2)9-10-25-15-6-4-14(5-7-15)11-16-18(23)21-19(24)26-16/h3-8,11-12H,9-10H2,1-2H3,(H,21,23,24)/b16-11-. The fourth-order valence-electron chi connectivity index (χ4n) is 2.33. The molecule has 1 aliphatic rings. The third-order valence-corrected chi connectivity index (χ3v) is 4.61. The minimum Gasteiger partial charge on any atom is -0.492 e. The number of aromatic nitrogens is 1. The van der Waals surface area contributed by atoms with Gasteiger partial charge in [-0.2, -0.15) is 0 Å². The largest absolute Gasteiger partial charge is 0.492 e. The van der Waals surface area contributed by atoms with Crippen LogP contribution in [0.15, 0.2) is 47.5 Å². The van der Waals surface area contributed by atoms with Crippen LogP contribution in [0.2, 0.25) is 0 Å². The van der Waals surface area contributed by atoms with E-state index < -0.39 is 0 Å². The summed E-state index contributed by atoms with van der Waals surface area (Å²) in [4.78, 5) is 29.5. The van der Waals surface area contributed by atoms with Gasteiger partial charge >= 0.3 is 0 Å². The number of hydrogen-bond acceptors (Lipinski definition) is 6. The van der Waals surface area contributed by atoms with Crippen LogP contribution in [0.25, 0.3) is 6.08 Å². The summed E-state index contributed by atoms with van der Waals surface area (Å²) in [5.41, 5.74) is 1.97. The third kappa shape index (κ3) is 4.64. The van der Waals surface area contributed by atoms with Crippen LogP contribution in [0.4, 0.5) is 10.6 Å². The fraction of sp³-hybridized carbons (Fsp3) is 0.211. The summed E-state index contributed by atoms with van der Waals surface area (Å²) >= 11 is 0.907. The minimum absolute atomic E-state index is 0.339. The van der Waals surface area contributed by atoms with Crippen LogP contribution in [0.5, 0.6) is 5.75 Å². The number of imide groups is 1. The van der Waals surface area contributed by atoms with Crippen LogP contribution < -0.4 is 15.0 Å². The number of carbonyl (C=O) groups is 2. The molecule has 1 saturated heterocycles. The molecule has 0 aliphatic carbocycles. The normalized spacial score (nSPS) is 15.2. The number of likely N-dealkylation sites (N-methyl/N-ethyl adjacent to an activating group) is 1. The summed E-state index contributed by atoms with van der Waals surface area (Å²) < 4.78 is 5.76. The lowest BCUT2D eigenvalue weighted by Gasteiger charge is -2.18. The average Bonchev–Trinajstić information content (AvgIpc) is 2.94. The quantitative estimate of drug-likeness (QED) is 0.789. The number of pyridine rings is 1. The number of nitrogens with one attached hydrogen (secondary N) is 1. The number of carbonyl (C=O) groups excluding carboxylic acids is 2. The van der Waals surface area contributed by atoms with Gasteiger partial charge in [-0.05, 0) is 54.1 Å². The first-order chi connectivity index (χ1) is 12.5. The molecular formula is C19H19N3O3S. The van der Waals surface area contributed by atoms with Crippen LogP contribution in [0.3, 0.4) is 0 Å². The van der Waals surface area contributed by atoms with E-state index in [0.717, 1.165) is 34.5 Å². The highest BCUT2D eigenvalue weighted by Crippen LogP contribution is 2.26. The Balaban J connectivity index is 1.51. The smallest absolute Gasteiger partial charge is 0.290 e. The molecule has 0 radical (unpaired) electrons. The predicted octanol–water partition coefficient (Wildman–Crippen LogP) is 3.23. The maximum atomic E-state index is 11.5. The summed E-state index contributed by atoms with van der Waals surface area (Å²) in [5, 5.41) is 1.90. The first-order valence-corrected chi connectivity index (χ1v) is 8.94. The summed E-state index contributed by atoms with van der Waals surface area (Å²) in [5.74, 6) is 1.30. The summed E-state index contributed by atoms with van der Waals surface area (Å²) in [7, 11) is 1.97. The molecule has 0 unspecified atom stereocenters. The van der Waals surface area contributed by atoms with Crippen molar-refractivity contribution in [2.75, 3.05) is 25.1 Å². The lowest BCUT2D eigenvalue weighted by atomic mass is 10.2. The van der Waals surface area contributed by atoms with Crippen molar-refractivity contribution >= 4 is 34.8 Å². The second kappa shape index (κ2) is 8.05. The van der Waals surface area contributed by atoms with Crippen LogP contribution in [-0.4, -0.2) is 36.3 Å². The zero-order valence-corrected chi connectivity index (χ0v) is 15.4.